The number of hydrogen-bond donors (Lipinski definition) is 2. The van der Waals surface area contributed by atoms with Crippen molar-refractivity contribution in [2.75, 3.05) is 18.5 Å². The van der Waals surface area contributed by atoms with Crippen molar-refractivity contribution in [1.29, 1.82) is 0 Å². The van der Waals surface area contributed by atoms with Crippen LogP contribution < -0.4 is 20.2 Å². The summed E-state index contributed by atoms with van der Waals surface area (Å²) in [6.07, 6.45) is 1.52. The number of carbonyl (C=O) groups is 1. The topological polar surface area (TPSA) is 115 Å². The molecule has 0 aliphatic rings. The smallest absolute Gasteiger partial charge is 0.269 e. The van der Waals surface area contributed by atoms with E-state index in [9.17, 15) is 14.9 Å². The second-order valence-electron chi connectivity index (χ2n) is 7.01. The number of nitrogens with one attached hydrogen (secondary N) is 2. The number of nitro benzene ring substituents is 1. The zero-order valence-electron chi connectivity index (χ0n) is 18.4. The molecule has 0 bridgehead atoms. The summed E-state index contributed by atoms with van der Waals surface area (Å²) in [5.41, 5.74) is 4.88. The molecule has 0 spiro atoms. The molecule has 3 aromatic carbocycles. The molecule has 3 aromatic rings. The van der Waals surface area contributed by atoms with Crippen LogP contribution in [0.1, 0.15) is 18.1 Å². The molecular formula is C24H23IN4O5. The summed E-state index contributed by atoms with van der Waals surface area (Å²) in [7, 11) is 0. The van der Waals surface area contributed by atoms with Crippen LogP contribution in [0.4, 0.5) is 11.4 Å². The SMILES string of the molecule is CCOc1cc(/C=N\NC(=O)CNc2ccc(I)cc2)ccc1OCc1ccc([N+](=O)[O-])cc1. The molecular weight excluding hydrogens is 551 g/mol. The molecule has 0 saturated heterocycles. The standard InChI is InChI=1S/C24H23IN4O5/c1-2-33-23-13-18(14-27-28-24(30)15-26-20-8-6-19(25)7-9-20)5-12-22(23)34-16-17-3-10-21(11-4-17)29(31)32/h3-14,26H,2,15-16H2,1H3,(H,28,30)/b27-14-. The maximum atomic E-state index is 12.0. The Labute approximate surface area is 210 Å². The van der Waals surface area contributed by atoms with Gasteiger partial charge in [-0.05, 0) is 95.2 Å². The van der Waals surface area contributed by atoms with Gasteiger partial charge in [0.2, 0.25) is 0 Å². The summed E-state index contributed by atoms with van der Waals surface area (Å²) >= 11 is 2.22. The van der Waals surface area contributed by atoms with Crippen molar-refractivity contribution in [3.8, 4) is 11.5 Å². The van der Waals surface area contributed by atoms with Crippen molar-refractivity contribution in [2.24, 2.45) is 5.10 Å². The predicted octanol–water partition coefficient (Wildman–Crippen LogP) is 4.74. The summed E-state index contributed by atoms with van der Waals surface area (Å²) in [5, 5.41) is 17.8. The maximum absolute atomic E-state index is 12.0. The fourth-order valence-corrected chi connectivity index (χ4v) is 3.20. The molecule has 9 nitrogen and oxygen atoms in total. The molecule has 0 atom stereocenters. The first-order chi connectivity index (χ1) is 16.4. The zero-order valence-corrected chi connectivity index (χ0v) is 20.5. The van der Waals surface area contributed by atoms with E-state index in [-0.39, 0.29) is 24.7 Å². The summed E-state index contributed by atoms with van der Waals surface area (Å²) in [6.45, 7) is 2.63. The van der Waals surface area contributed by atoms with Gasteiger partial charge >= 0.3 is 0 Å². The monoisotopic (exact) mass is 574 g/mol. The number of hydrogen-bond acceptors (Lipinski definition) is 7. The van der Waals surface area contributed by atoms with E-state index >= 15 is 0 Å². The van der Waals surface area contributed by atoms with E-state index in [2.05, 4.69) is 38.4 Å². The van der Waals surface area contributed by atoms with Crippen molar-refractivity contribution in [3.05, 3.63) is 91.5 Å². The number of halogens is 1. The van der Waals surface area contributed by atoms with Gasteiger partial charge in [-0.25, -0.2) is 5.43 Å². The first-order valence-corrected chi connectivity index (χ1v) is 11.5. The highest BCUT2D eigenvalue weighted by Crippen LogP contribution is 2.29. The van der Waals surface area contributed by atoms with E-state index in [1.54, 1.807) is 30.3 Å². The maximum Gasteiger partial charge on any atom is 0.269 e. The Balaban J connectivity index is 1.54. The number of carbonyl (C=O) groups excluding carboxylic acids is 1. The Kier molecular flexibility index (Phi) is 9.21. The van der Waals surface area contributed by atoms with E-state index in [0.717, 1.165) is 20.4 Å². The van der Waals surface area contributed by atoms with Crippen molar-refractivity contribution >= 4 is 46.1 Å². The number of amides is 1. The van der Waals surface area contributed by atoms with Gasteiger partial charge in [0.25, 0.3) is 11.6 Å². The third-order valence-corrected chi connectivity index (χ3v) is 5.23. The third-order valence-electron chi connectivity index (χ3n) is 4.51. The highest BCUT2D eigenvalue weighted by Gasteiger charge is 2.08. The number of rotatable bonds is 11. The van der Waals surface area contributed by atoms with Gasteiger partial charge in [0, 0.05) is 21.4 Å². The molecule has 0 saturated carbocycles. The Morgan fingerprint density at radius 1 is 1.06 bits per heavy atom. The molecule has 0 unspecified atom stereocenters. The lowest BCUT2D eigenvalue weighted by molar-refractivity contribution is -0.384. The number of benzene rings is 3. The Morgan fingerprint density at radius 3 is 2.47 bits per heavy atom. The second kappa shape index (κ2) is 12.5. The number of nitrogens with zero attached hydrogens (tertiary/aromatic N) is 2. The van der Waals surface area contributed by atoms with Crippen LogP contribution in [0, 0.1) is 13.7 Å². The van der Waals surface area contributed by atoms with E-state index in [1.165, 1.54) is 18.3 Å². The summed E-state index contributed by atoms with van der Waals surface area (Å²) in [6, 6.07) is 19.2. The van der Waals surface area contributed by atoms with E-state index in [4.69, 9.17) is 9.47 Å². The van der Waals surface area contributed by atoms with Crippen LogP contribution in [-0.4, -0.2) is 30.2 Å². The van der Waals surface area contributed by atoms with Crippen LogP contribution in [0.3, 0.4) is 0 Å². The second-order valence-corrected chi connectivity index (χ2v) is 8.25. The van der Waals surface area contributed by atoms with Gasteiger partial charge in [0.05, 0.1) is 24.3 Å². The van der Waals surface area contributed by atoms with Crippen LogP contribution in [0.15, 0.2) is 71.8 Å². The minimum atomic E-state index is -0.444. The lowest BCUT2D eigenvalue weighted by Crippen LogP contribution is -2.25. The molecule has 34 heavy (non-hydrogen) atoms. The van der Waals surface area contributed by atoms with Crippen LogP contribution in [-0.2, 0) is 11.4 Å². The Bertz CT molecular complexity index is 1150. The number of anilines is 1. The highest BCUT2D eigenvalue weighted by atomic mass is 127. The van der Waals surface area contributed by atoms with E-state index < -0.39 is 4.92 Å². The van der Waals surface area contributed by atoms with Crippen molar-refractivity contribution in [2.45, 2.75) is 13.5 Å². The Hall–Kier alpha value is -3.67. The van der Waals surface area contributed by atoms with Gasteiger partial charge in [0.15, 0.2) is 11.5 Å². The molecule has 0 aliphatic heterocycles. The van der Waals surface area contributed by atoms with Crippen molar-refractivity contribution < 1.29 is 19.2 Å². The summed E-state index contributed by atoms with van der Waals surface area (Å²) in [5.74, 6) is 0.783. The minimum Gasteiger partial charge on any atom is -0.490 e. The van der Waals surface area contributed by atoms with Gasteiger partial charge in [0.1, 0.15) is 6.61 Å². The Morgan fingerprint density at radius 2 is 1.79 bits per heavy atom. The first kappa shape index (κ1) is 25.0. The van der Waals surface area contributed by atoms with Gasteiger partial charge in [-0.1, -0.05) is 0 Å². The lowest BCUT2D eigenvalue weighted by atomic mass is 10.2. The number of nitro groups is 1. The average Bonchev–Trinajstić information content (AvgIpc) is 2.83. The van der Waals surface area contributed by atoms with Crippen LogP contribution in [0.2, 0.25) is 0 Å². The zero-order chi connectivity index (χ0) is 24.3. The predicted molar refractivity (Wildman–Crippen MR) is 138 cm³/mol. The van der Waals surface area contributed by atoms with E-state index in [0.29, 0.717) is 18.1 Å². The van der Waals surface area contributed by atoms with Gasteiger partial charge in [-0.3, -0.25) is 14.9 Å². The van der Waals surface area contributed by atoms with Crippen LogP contribution >= 0.6 is 22.6 Å². The van der Waals surface area contributed by atoms with Crippen LogP contribution in [0.5, 0.6) is 11.5 Å². The molecule has 0 radical (unpaired) electrons. The third kappa shape index (κ3) is 7.73. The normalized spacial score (nSPS) is 10.6. The number of non-ortho nitro benzene ring substituents is 1. The fourth-order valence-electron chi connectivity index (χ4n) is 2.84. The first-order valence-electron chi connectivity index (χ1n) is 10.4. The number of ether oxygens (including phenoxy) is 2. The lowest BCUT2D eigenvalue weighted by Gasteiger charge is -2.12. The van der Waals surface area contributed by atoms with Crippen molar-refractivity contribution in [3.63, 3.8) is 0 Å². The molecule has 0 aromatic heterocycles. The highest BCUT2D eigenvalue weighted by molar-refractivity contribution is 14.1. The summed E-state index contributed by atoms with van der Waals surface area (Å²) < 4.78 is 12.6. The molecule has 0 aliphatic carbocycles. The van der Waals surface area contributed by atoms with Crippen molar-refractivity contribution in [1.82, 2.24) is 5.43 Å². The molecule has 3 rings (SSSR count). The molecule has 1 amide bonds. The minimum absolute atomic E-state index is 0.0279. The average molecular weight is 574 g/mol. The molecule has 176 valence electrons. The van der Waals surface area contributed by atoms with Gasteiger partial charge < -0.3 is 14.8 Å². The van der Waals surface area contributed by atoms with Gasteiger partial charge in [-0.15, -0.1) is 0 Å². The number of hydrazone groups is 1. The van der Waals surface area contributed by atoms with Crippen LogP contribution in [0.25, 0.3) is 0 Å². The molecule has 0 fully saturated rings. The van der Waals surface area contributed by atoms with Gasteiger partial charge in [-0.2, -0.15) is 5.10 Å². The molecule has 10 heteroatoms. The fraction of sp³-hybridized carbons (Fsp3) is 0.167. The summed E-state index contributed by atoms with van der Waals surface area (Å²) in [4.78, 5) is 22.3. The largest absolute Gasteiger partial charge is 0.490 e. The van der Waals surface area contributed by atoms with E-state index in [1.807, 2.05) is 31.2 Å². The quantitative estimate of drug-likeness (QED) is 0.148. The molecule has 2 N–H and O–H groups in total. The molecule has 0 heterocycles.